The van der Waals surface area contributed by atoms with Gasteiger partial charge in [0.15, 0.2) is 11.5 Å². The van der Waals surface area contributed by atoms with Gasteiger partial charge in [-0.25, -0.2) is 4.79 Å². The molecule has 1 aromatic heterocycles. The second kappa shape index (κ2) is 12.7. The van der Waals surface area contributed by atoms with Gasteiger partial charge in [0.1, 0.15) is 17.5 Å². The van der Waals surface area contributed by atoms with Crippen molar-refractivity contribution < 1.29 is 28.8 Å². The number of anilines is 2. The maximum atomic E-state index is 13.7. The molecule has 218 valence electrons. The Balaban J connectivity index is 1.63. The van der Waals surface area contributed by atoms with Crippen LogP contribution in [0.2, 0.25) is 0 Å². The number of ether oxygens (including phenoxy) is 1. The van der Waals surface area contributed by atoms with Gasteiger partial charge in [0.05, 0.1) is 30.4 Å². The number of aliphatic hydroxyl groups excluding tert-OH is 1. The van der Waals surface area contributed by atoms with Crippen LogP contribution in [0.3, 0.4) is 0 Å². The number of carbonyl (C=O) groups is 3. The van der Waals surface area contributed by atoms with E-state index in [1.54, 1.807) is 50.9 Å². The van der Waals surface area contributed by atoms with Crippen molar-refractivity contribution in [1.29, 1.82) is 0 Å². The number of amides is 4. The quantitative estimate of drug-likeness (QED) is 0.466. The fourth-order valence-electron chi connectivity index (χ4n) is 5.38. The Morgan fingerprint density at radius 2 is 1.93 bits per heavy atom. The molecule has 0 unspecified atom stereocenters. The van der Waals surface area contributed by atoms with Gasteiger partial charge in [0.25, 0.3) is 5.91 Å². The highest BCUT2D eigenvalue weighted by atomic mass is 16.5. The smallest absolute Gasteiger partial charge is 0.321 e. The first-order valence-corrected chi connectivity index (χ1v) is 14.1. The first kappa shape index (κ1) is 29.4. The summed E-state index contributed by atoms with van der Waals surface area (Å²) in [5.74, 6) is 0.153. The van der Waals surface area contributed by atoms with Crippen molar-refractivity contribution in [2.75, 3.05) is 37.4 Å². The number of aromatic nitrogens is 1. The van der Waals surface area contributed by atoms with Gasteiger partial charge >= 0.3 is 6.03 Å². The molecular weight excluding hydrogens is 514 g/mol. The van der Waals surface area contributed by atoms with Crippen molar-refractivity contribution in [3.8, 4) is 5.75 Å². The summed E-state index contributed by atoms with van der Waals surface area (Å²) in [6.45, 7) is 7.54. The number of aryl methyl sites for hydroxylation is 2. The lowest BCUT2D eigenvalue weighted by molar-refractivity contribution is -0.120. The molecule has 0 spiro atoms. The molecular formula is C29H41N5O6. The molecule has 11 heteroatoms. The molecule has 4 amide bonds. The van der Waals surface area contributed by atoms with Gasteiger partial charge in [-0.2, -0.15) is 0 Å². The van der Waals surface area contributed by atoms with E-state index in [1.807, 2.05) is 6.92 Å². The molecule has 2 heterocycles. The number of aliphatic hydroxyl groups is 1. The SMILES string of the molecule is Cc1noc(C)c1NC(=O)N(C)C[C@H]1Oc2c(NC(=O)C3CCCCC3)cccc2C(=O)N([C@H](C)CO)C[C@@H]1C. The molecule has 1 aliphatic heterocycles. The fraction of sp³-hybridized carbons (Fsp3) is 0.586. The highest BCUT2D eigenvalue weighted by Crippen LogP contribution is 2.36. The molecule has 0 radical (unpaired) electrons. The van der Waals surface area contributed by atoms with Crippen LogP contribution in [-0.4, -0.2) is 76.8 Å². The summed E-state index contributed by atoms with van der Waals surface area (Å²) in [6.07, 6.45) is 4.35. The summed E-state index contributed by atoms with van der Waals surface area (Å²) in [5, 5.41) is 19.7. The second-order valence-corrected chi connectivity index (χ2v) is 11.1. The van der Waals surface area contributed by atoms with Gasteiger partial charge in [-0.05, 0) is 45.7 Å². The number of rotatable bonds is 7. The summed E-state index contributed by atoms with van der Waals surface area (Å²) in [6, 6.07) is 4.35. The molecule has 3 atom stereocenters. The minimum atomic E-state index is -0.520. The van der Waals surface area contributed by atoms with Crippen molar-refractivity contribution in [2.45, 2.75) is 71.9 Å². The standard InChI is InChI=1S/C29H41N5O6/c1-17-14-34(18(2)16-35)28(37)22-12-9-13-23(30-27(36)21-10-7-6-8-11-21)26(22)39-24(17)15-33(5)29(38)31-25-19(3)32-40-20(25)4/h9,12-13,17-18,21,24,35H,6-8,10-11,14-16H2,1-5H3,(H,30,36)(H,31,38)/t17-,18+,24+/m0/s1. The van der Waals surface area contributed by atoms with Crippen molar-refractivity contribution >= 4 is 29.2 Å². The molecule has 40 heavy (non-hydrogen) atoms. The van der Waals surface area contributed by atoms with Crippen LogP contribution < -0.4 is 15.4 Å². The predicted molar refractivity (Wildman–Crippen MR) is 150 cm³/mol. The van der Waals surface area contributed by atoms with Gasteiger partial charge in [-0.1, -0.05) is 37.4 Å². The van der Waals surface area contributed by atoms with Crippen LogP contribution in [0.4, 0.5) is 16.2 Å². The van der Waals surface area contributed by atoms with E-state index in [9.17, 15) is 19.5 Å². The molecule has 1 fully saturated rings. The van der Waals surface area contributed by atoms with Crippen LogP contribution in [0.25, 0.3) is 0 Å². The number of hydrogen-bond acceptors (Lipinski definition) is 7. The van der Waals surface area contributed by atoms with Gasteiger partial charge < -0.3 is 34.8 Å². The topological polar surface area (TPSA) is 137 Å². The Morgan fingerprint density at radius 1 is 1.20 bits per heavy atom. The molecule has 0 saturated heterocycles. The number of hydrogen-bond donors (Lipinski definition) is 3. The maximum absolute atomic E-state index is 13.7. The summed E-state index contributed by atoms with van der Waals surface area (Å²) in [4.78, 5) is 43.1. The van der Waals surface area contributed by atoms with E-state index in [4.69, 9.17) is 9.26 Å². The number of fused-ring (bicyclic) bond motifs is 1. The zero-order valence-corrected chi connectivity index (χ0v) is 24.0. The van der Waals surface area contributed by atoms with Crippen LogP contribution in [0.5, 0.6) is 5.75 Å². The van der Waals surface area contributed by atoms with Gasteiger partial charge in [-0.15, -0.1) is 0 Å². The van der Waals surface area contributed by atoms with Gasteiger partial charge in [-0.3, -0.25) is 9.59 Å². The largest absolute Gasteiger partial charge is 0.485 e. The second-order valence-electron chi connectivity index (χ2n) is 11.1. The van der Waals surface area contributed by atoms with Crippen LogP contribution in [0, 0.1) is 25.7 Å². The lowest BCUT2D eigenvalue weighted by Gasteiger charge is -2.38. The third-order valence-corrected chi connectivity index (χ3v) is 7.99. The zero-order chi connectivity index (χ0) is 29.0. The zero-order valence-electron chi connectivity index (χ0n) is 24.0. The molecule has 1 aliphatic carbocycles. The number of para-hydroxylation sites is 1. The van der Waals surface area contributed by atoms with E-state index in [0.717, 1.165) is 32.1 Å². The van der Waals surface area contributed by atoms with E-state index < -0.39 is 12.1 Å². The minimum absolute atomic E-state index is 0.0753. The predicted octanol–water partition coefficient (Wildman–Crippen LogP) is 4.19. The number of carbonyl (C=O) groups excluding carboxylic acids is 3. The number of benzene rings is 1. The van der Waals surface area contributed by atoms with E-state index in [-0.39, 0.29) is 48.6 Å². The van der Waals surface area contributed by atoms with E-state index in [1.165, 1.54) is 4.90 Å². The first-order valence-electron chi connectivity index (χ1n) is 14.1. The van der Waals surface area contributed by atoms with Crippen LogP contribution in [0.1, 0.15) is 67.8 Å². The Morgan fingerprint density at radius 3 is 2.58 bits per heavy atom. The van der Waals surface area contributed by atoms with Crippen LogP contribution in [-0.2, 0) is 4.79 Å². The number of urea groups is 1. The fourth-order valence-corrected chi connectivity index (χ4v) is 5.38. The lowest BCUT2D eigenvalue weighted by Crippen LogP contribution is -2.50. The van der Waals surface area contributed by atoms with Gasteiger partial charge in [0, 0.05) is 25.4 Å². The van der Waals surface area contributed by atoms with Gasteiger partial charge in [0.2, 0.25) is 5.91 Å². The van der Waals surface area contributed by atoms with Crippen molar-refractivity contribution in [3.05, 3.63) is 35.2 Å². The number of nitrogens with zero attached hydrogens (tertiary/aromatic N) is 3. The summed E-state index contributed by atoms with van der Waals surface area (Å²) in [5.41, 5.74) is 1.84. The molecule has 11 nitrogen and oxygen atoms in total. The summed E-state index contributed by atoms with van der Waals surface area (Å²) < 4.78 is 11.7. The van der Waals surface area contributed by atoms with Crippen molar-refractivity contribution in [1.82, 2.24) is 15.0 Å². The molecule has 0 bridgehead atoms. The molecule has 1 saturated carbocycles. The Kier molecular flexibility index (Phi) is 9.34. The third kappa shape index (κ3) is 6.41. The Hall–Kier alpha value is -3.60. The normalized spacial score (nSPS) is 20.6. The molecule has 2 aliphatic rings. The highest BCUT2D eigenvalue weighted by molar-refractivity contribution is 6.02. The van der Waals surface area contributed by atoms with Crippen molar-refractivity contribution in [3.63, 3.8) is 0 Å². The lowest BCUT2D eigenvalue weighted by atomic mass is 9.88. The average molecular weight is 556 g/mol. The monoisotopic (exact) mass is 555 g/mol. The first-order chi connectivity index (χ1) is 19.1. The van der Waals surface area contributed by atoms with E-state index >= 15 is 0 Å². The summed E-state index contributed by atoms with van der Waals surface area (Å²) >= 11 is 0. The van der Waals surface area contributed by atoms with Crippen LogP contribution >= 0.6 is 0 Å². The van der Waals surface area contributed by atoms with Crippen molar-refractivity contribution in [2.24, 2.45) is 11.8 Å². The highest BCUT2D eigenvalue weighted by Gasteiger charge is 2.35. The van der Waals surface area contributed by atoms with E-state index in [2.05, 4.69) is 15.8 Å². The minimum Gasteiger partial charge on any atom is -0.485 e. The number of likely N-dealkylation sites (N-methyl/N-ethyl adjacent to an activating group) is 1. The molecule has 4 rings (SSSR count). The number of nitrogens with one attached hydrogen (secondary N) is 2. The average Bonchev–Trinajstić information content (AvgIpc) is 3.27. The molecule has 1 aromatic carbocycles. The Labute approximate surface area is 235 Å². The molecule has 3 N–H and O–H groups in total. The third-order valence-electron chi connectivity index (χ3n) is 7.99. The maximum Gasteiger partial charge on any atom is 0.321 e. The molecule has 2 aromatic rings. The Bertz CT molecular complexity index is 1200. The van der Waals surface area contributed by atoms with E-state index in [0.29, 0.717) is 34.9 Å². The summed E-state index contributed by atoms with van der Waals surface area (Å²) in [7, 11) is 1.67. The van der Waals surface area contributed by atoms with Crippen LogP contribution in [0.15, 0.2) is 22.7 Å².